The van der Waals surface area contributed by atoms with Gasteiger partial charge < -0.3 is 5.32 Å². The molecule has 2 aromatic heterocycles. The molecular weight excluding hydrogens is 254 g/mol. The van der Waals surface area contributed by atoms with Gasteiger partial charge in [0.25, 0.3) is 0 Å². The van der Waals surface area contributed by atoms with Crippen molar-refractivity contribution in [1.29, 1.82) is 0 Å². The molecular formula is C15H15N3S. The quantitative estimate of drug-likeness (QED) is 0.723. The number of hydrogen-bond acceptors (Lipinski definition) is 4. The fraction of sp³-hybridized carbons (Fsp3) is 0.200. The molecule has 0 saturated heterocycles. The Balaban J connectivity index is 1.62. The van der Waals surface area contributed by atoms with Crippen LogP contribution >= 0.6 is 11.3 Å². The normalized spacial score (nSPS) is 10.9. The maximum absolute atomic E-state index is 4.28. The molecule has 2 heterocycles. The lowest BCUT2D eigenvalue weighted by atomic mass is 10.1. The van der Waals surface area contributed by atoms with E-state index >= 15 is 0 Å². The largest absolute Gasteiger partial charge is 0.312 e. The Bertz CT molecular complexity index is 644. The second-order valence-corrected chi connectivity index (χ2v) is 5.14. The van der Waals surface area contributed by atoms with Crippen molar-refractivity contribution < 1.29 is 0 Å². The number of pyridine rings is 1. The predicted octanol–water partition coefficient (Wildman–Crippen LogP) is 3.02. The van der Waals surface area contributed by atoms with Gasteiger partial charge in [-0.05, 0) is 17.0 Å². The first kappa shape index (κ1) is 12.3. The van der Waals surface area contributed by atoms with Crippen LogP contribution in [-0.4, -0.2) is 16.5 Å². The Morgan fingerprint density at radius 3 is 3.11 bits per heavy atom. The lowest BCUT2D eigenvalue weighted by Crippen LogP contribution is -2.16. The number of hydrogen-bond donors (Lipinski definition) is 1. The zero-order valence-electron chi connectivity index (χ0n) is 10.5. The van der Waals surface area contributed by atoms with E-state index in [0.717, 1.165) is 19.5 Å². The Kier molecular flexibility index (Phi) is 3.81. The van der Waals surface area contributed by atoms with E-state index < -0.39 is 0 Å². The Morgan fingerprint density at radius 1 is 1.21 bits per heavy atom. The minimum atomic E-state index is 0.880. The van der Waals surface area contributed by atoms with Gasteiger partial charge in [0, 0.05) is 42.7 Å². The molecule has 1 N–H and O–H groups in total. The van der Waals surface area contributed by atoms with E-state index in [1.165, 1.54) is 22.0 Å². The number of nitrogens with one attached hydrogen (secondary N) is 1. The van der Waals surface area contributed by atoms with Crippen LogP contribution in [0.25, 0.3) is 10.8 Å². The molecule has 0 radical (unpaired) electrons. The average Bonchev–Trinajstić information content (AvgIpc) is 2.97. The molecule has 0 saturated carbocycles. The van der Waals surface area contributed by atoms with E-state index in [2.05, 4.69) is 44.9 Å². The van der Waals surface area contributed by atoms with Gasteiger partial charge in [-0.15, -0.1) is 11.3 Å². The second kappa shape index (κ2) is 5.91. The van der Waals surface area contributed by atoms with E-state index in [4.69, 9.17) is 0 Å². The molecule has 0 fully saturated rings. The van der Waals surface area contributed by atoms with Gasteiger partial charge in [0.15, 0.2) is 0 Å². The van der Waals surface area contributed by atoms with Crippen molar-refractivity contribution in [3.05, 3.63) is 58.8 Å². The average molecular weight is 269 g/mol. The van der Waals surface area contributed by atoms with Crippen molar-refractivity contribution >= 4 is 22.1 Å². The van der Waals surface area contributed by atoms with Crippen LogP contribution in [0.1, 0.15) is 11.3 Å². The molecule has 3 nitrogen and oxygen atoms in total. The lowest BCUT2D eigenvalue weighted by Gasteiger charge is -2.07. The van der Waals surface area contributed by atoms with Gasteiger partial charge in [0.1, 0.15) is 0 Å². The summed E-state index contributed by atoms with van der Waals surface area (Å²) in [7, 11) is 0. The summed E-state index contributed by atoms with van der Waals surface area (Å²) in [4.78, 5) is 8.44. The summed E-state index contributed by atoms with van der Waals surface area (Å²) < 4.78 is 0. The van der Waals surface area contributed by atoms with Gasteiger partial charge in [-0.25, -0.2) is 4.98 Å². The monoisotopic (exact) mass is 269 g/mol. The molecule has 0 amide bonds. The molecule has 1 aromatic carbocycles. The van der Waals surface area contributed by atoms with Gasteiger partial charge in [0.2, 0.25) is 0 Å². The van der Waals surface area contributed by atoms with E-state index in [-0.39, 0.29) is 0 Å². The Hall–Kier alpha value is -1.78. The molecule has 4 heteroatoms. The number of fused-ring (bicyclic) bond motifs is 1. The molecule has 19 heavy (non-hydrogen) atoms. The van der Waals surface area contributed by atoms with Gasteiger partial charge in [-0.3, -0.25) is 4.98 Å². The van der Waals surface area contributed by atoms with Crippen LogP contribution < -0.4 is 5.32 Å². The van der Waals surface area contributed by atoms with Crippen LogP contribution in [0, 0.1) is 0 Å². The first-order chi connectivity index (χ1) is 9.43. The highest BCUT2D eigenvalue weighted by atomic mass is 32.1. The first-order valence-electron chi connectivity index (χ1n) is 6.33. The molecule has 96 valence electrons. The van der Waals surface area contributed by atoms with Gasteiger partial charge in [-0.2, -0.15) is 0 Å². The van der Waals surface area contributed by atoms with Gasteiger partial charge in [0.05, 0.1) is 11.2 Å². The molecule has 0 unspecified atom stereocenters. The molecule has 0 aliphatic rings. The number of aromatic nitrogens is 2. The summed E-state index contributed by atoms with van der Waals surface area (Å²) in [6.45, 7) is 1.83. The summed E-state index contributed by atoms with van der Waals surface area (Å²) in [6.07, 6.45) is 4.74. The maximum Gasteiger partial charge on any atom is 0.0794 e. The standard InChI is InChI=1S/C15H15N3S/c1-2-12(15-5-7-17-9-13(15)3-1)8-16-6-4-14-10-19-11-18-14/h1-3,5,7,9-11,16H,4,6,8H2. The fourth-order valence-corrected chi connectivity index (χ4v) is 2.74. The number of rotatable bonds is 5. The van der Waals surface area contributed by atoms with E-state index in [1.807, 2.05) is 17.9 Å². The molecule has 0 bridgehead atoms. The molecule has 3 aromatic rings. The van der Waals surface area contributed by atoms with Crippen molar-refractivity contribution in [3.8, 4) is 0 Å². The minimum Gasteiger partial charge on any atom is -0.312 e. The van der Waals surface area contributed by atoms with Crippen molar-refractivity contribution in [3.63, 3.8) is 0 Å². The van der Waals surface area contributed by atoms with E-state index in [1.54, 1.807) is 11.3 Å². The van der Waals surface area contributed by atoms with E-state index in [9.17, 15) is 0 Å². The topological polar surface area (TPSA) is 37.8 Å². The Morgan fingerprint density at radius 2 is 2.21 bits per heavy atom. The lowest BCUT2D eigenvalue weighted by molar-refractivity contribution is 0.684. The molecule has 0 spiro atoms. The number of nitrogens with zero attached hydrogens (tertiary/aromatic N) is 2. The first-order valence-corrected chi connectivity index (χ1v) is 7.27. The highest BCUT2D eigenvalue weighted by Crippen LogP contribution is 2.17. The summed E-state index contributed by atoms with van der Waals surface area (Å²) in [6, 6.07) is 8.42. The third-order valence-corrected chi connectivity index (χ3v) is 3.76. The Labute approximate surface area is 116 Å². The van der Waals surface area contributed by atoms with Crippen LogP contribution in [0.15, 0.2) is 47.5 Å². The molecule has 0 atom stereocenters. The third kappa shape index (κ3) is 2.97. The molecule has 3 rings (SSSR count). The summed E-state index contributed by atoms with van der Waals surface area (Å²) in [5, 5.41) is 8.05. The zero-order chi connectivity index (χ0) is 12.9. The highest BCUT2D eigenvalue weighted by molar-refractivity contribution is 7.07. The van der Waals surface area contributed by atoms with Crippen LogP contribution in [0.5, 0.6) is 0 Å². The van der Waals surface area contributed by atoms with Crippen molar-refractivity contribution in [2.45, 2.75) is 13.0 Å². The molecule has 0 aliphatic heterocycles. The number of thiazole rings is 1. The predicted molar refractivity (Wildman–Crippen MR) is 79.3 cm³/mol. The van der Waals surface area contributed by atoms with Crippen LogP contribution in [-0.2, 0) is 13.0 Å². The second-order valence-electron chi connectivity index (χ2n) is 4.42. The van der Waals surface area contributed by atoms with Crippen LogP contribution in [0.3, 0.4) is 0 Å². The van der Waals surface area contributed by atoms with Crippen molar-refractivity contribution in [1.82, 2.24) is 15.3 Å². The van der Waals surface area contributed by atoms with Crippen molar-refractivity contribution in [2.75, 3.05) is 6.54 Å². The van der Waals surface area contributed by atoms with Crippen LogP contribution in [0.4, 0.5) is 0 Å². The van der Waals surface area contributed by atoms with Crippen molar-refractivity contribution in [2.24, 2.45) is 0 Å². The number of benzene rings is 1. The van der Waals surface area contributed by atoms with Crippen LogP contribution in [0.2, 0.25) is 0 Å². The summed E-state index contributed by atoms with van der Waals surface area (Å²) in [5.74, 6) is 0. The summed E-state index contributed by atoms with van der Waals surface area (Å²) >= 11 is 1.65. The van der Waals surface area contributed by atoms with Gasteiger partial charge in [-0.1, -0.05) is 18.2 Å². The smallest absolute Gasteiger partial charge is 0.0794 e. The zero-order valence-corrected chi connectivity index (χ0v) is 11.4. The maximum atomic E-state index is 4.28. The highest BCUT2D eigenvalue weighted by Gasteiger charge is 2.00. The van der Waals surface area contributed by atoms with Gasteiger partial charge >= 0.3 is 0 Å². The fourth-order valence-electron chi connectivity index (χ4n) is 2.14. The summed E-state index contributed by atoms with van der Waals surface area (Å²) in [5.41, 5.74) is 4.37. The third-order valence-electron chi connectivity index (χ3n) is 3.13. The van der Waals surface area contributed by atoms with E-state index in [0.29, 0.717) is 0 Å². The molecule has 0 aliphatic carbocycles. The SMILES string of the molecule is c1cc(CNCCc2cscn2)c2ccncc2c1. The minimum absolute atomic E-state index is 0.880.